The highest BCUT2D eigenvalue weighted by molar-refractivity contribution is 6.30. The summed E-state index contributed by atoms with van der Waals surface area (Å²) in [5.41, 5.74) is 0.322. The fourth-order valence-electron chi connectivity index (χ4n) is 8.33. The number of ketones is 1. The Kier molecular flexibility index (Phi) is 6.68. The average Bonchev–Trinajstić information content (AvgIpc) is 3.83. The molecule has 6 aliphatic rings. The predicted molar refractivity (Wildman–Crippen MR) is 148 cm³/mol. The van der Waals surface area contributed by atoms with Gasteiger partial charge in [0.15, 0.2) is 12.4 Å². The molecular weight excluding hydrogens is 560 g/mol. The van der Waals surface area contributed by atoms with E-state index in [0.717, 1.165) is 17.7 Å². The maximum absolute atomic E-state index is 13.5. The van der Waals surface area contributed by atoms with Gasteiger partial charge in [-0.25, -0.2) is 4.79 Å². The van der Waals surface area contributed by atoms with Gasteiger partial charge in [-0.15, -0.1) is 0 Å². The van der Waals surface area contributed by atoms with E-state index in [1.165, 1.54) is 17.0 Å². The van der Waals surface area contributed by atoms with Gasteiger partial charge in [0.05, 0.1) is 23.7 Å². The lowest BCUT2D eigenvalue weighted by Crippen LogP contribution is -2.47. The van der Waals surface area contributed by atoms with Crippen molar-refractivity contribution in [3.05, 3.63) is 59.2 Å². The lowest BCUT2D eigenvalue weighted by atomic mass is 9.85. The minimum atomic E-state index is -1.18. The van der Waals surface area contributed by atoms with E-state index in [1.807, 2.05) is 12.2 Å². The summed E-state index contributed by atoms with van der Waals surface area (Å²) in [6.07, 6.45) is 10.6. The highest BCUT2D eigenvalue weighted by Gasteiger charge is 2.61. The van der Waals surface area contributed by atoms with Gasteiger partial charge in [-0.3, -0.25) is 33.8 Å². The third-order valence-corrected chi connectivity index (χ3v) is 10.5. The lowest BCUT2D eigenvalue weighted by Gasteiger charge is -2.26. The number of nitrogens with zero attached hydrogens (tertiary/aromatic N) is 2. The zero-order valence-corrected chi connectivity index (χ0v) is 23.7. The molecule has 10 heteroatoms. The van der Waals surface area contributed by atoms with Crippen LogP contribution in [0.1, 0.15) is 42.5 Å². The van der Waals surface area contributed by atoms with Crippen LogP contribution in [0.15, 0.2) is 48.6 Å². The molecule has 2 saturated carbocycles. The van der Waals surface area contributed by atoms with Crippen LogP contribution in [0.25, 0.3) is 0 Å². The summed E-state index contributed by atoms with van der Waals surface area (Å²) >= 11 is 5.89. The number of halogens is 1. The topological polar surface area (TPSA) is 118 Å². The van der Waals surface area contributed by atoms with Crippen molar-refractivity contribution in [1.29, 1.82) is 0 Å². The number of fused-ring (bicyclic) bond motifs is 10. The summed E-state index contributed by atoms with van der Waals surface area (Å²) < 4.78 is 5.39. The fourth-order valence-corrected chi connectivity index (χ4v) is 8.45. The molecule has 2 saturated heterocycles. The van der Waals surface area contributed by atoms with Gasteiger partial charge in [0.25, 0.3) is 0 Å². The third kappa shape index (κ3) is 4.19. The van der Waals surface area contributed by atoms with Crippen LogP contribution in [0.2, 0.25) is 5.02 Å². The maximum atomic E-state index is 13.5. The van der Waals surface area contributed by atoms with Crippen molar-refractivity contribution in [1.82, 2.24) is 9.80 Å². The summed E-state index contributed by atoms with van der Waals surface area (Å²) in [4.78, 5) is 81.5. The number of carbonyl (C=O) groups is 6. The third-order valence-electron chi connectivity index (χ3n) is 10.3. The van der Waals surface area contributed by atoms with Crippen LogP contribution >= 0.6 is 11.6 Å². The Labute approximate surface area is 247 Å². The Morgan fingerprint density at radius 1 is 0.762 bits per heavy atom. The maximum Gasteiger partial charge on any atom is 0.329 e. The van der Waals surface area contributed by atoms with Gasteiger partial charge in [-0.2, -0.15) is 0 Å². The largest absolute Gasteiger partial charge is 0.456 e. The standard InChI is InChI=1S/C32H31ClN2O7/c33-21-10-8-16(9-11-21)23(36)15-42-32(41)22(35-30(39)26-19-6-7-20(14-19)27(26)31(35)40)3-1-2-12-34-28(37)24-17-4-5-18(13-17)25(24)29(34)38/h4-11,17-20,22,24-27H,1-3,12-15H2/t17-,18-,19-,20-,22+,24-,25-,26-,27+/m0/s1. The molecule has 2 aliphatic heterocycles. The van der Waals surface area contributed by atoms with E-state index in [9.17, 15) is 28.8 Å². The molecule has 0 spiro atoms. The number of Topliss-reactive ketones (excluding diaryl/α,β-unsaturated/α-hetero) is 1. The highest BCUT2D eigenvalue weighted by Crippen LogP contribution is 2.54. The Morgan fingerprint density at radius 3 is 1.79 bits per heavy atom. The minimum absolute atomic E-state index is 0.0129. The average molecular weight is 591 g/mol. The quantitative estimate of drug-likeness (QED) is 0.135. The normalized spacial score (nSPS) is 34.1. The van der Waals surface area contributed by atoms with Crippen LogP contribution in [0, 0.1) is 47.3 Å². The molecule has 0 N–H and O–H groups in total. The molecule has 2 heterocycles. The number of benzene rings is 1. The van der Waals surface area contributed by atoms with Gasteiger partial charge in [0, 0.05) is 17.1 Å². The van der Waals surface area contributed by atoms with Gasteiger partial charge in [-0.1, -0.05) is 35.9 Å². The number of imide groups is 2. The number of carbonyl (C=O) groups excluding carboxylic acids is 6. The summed E-state index contributed by atoms with van der Waals surface area (Å²) in [7, 11) is 0. The molecule has 0 radical (unpaired) electrons. The Morgan fingerprint density at radius 2 is 1.26 bits per heavy atom. The molecule has 218 valence electrons. The van der Waals surface area contributed by atoms with Crippen molar-refractivity contribution in [3.63, 3.8) is 0 Å². The Bertz CT molecular complexity index is 1390. The van der Waals surface area contributed by atoms with E-state index >= 15 is 0 Å². The first-order chi connectivity index (χ1) is 20.2. The van der Waals surface area contributed by atoms with E-state index in [-0.39, 0.29) is 72.1 Å². The Balaban J connectivity index is 1.02. The fraction of sp³-hybridized carbons (Fsp3) is 0.500. The molecule has 0 aromatic heterocycles. The van der Waals surface area contributed by atoms with E-state index in [2.05, 4.69) is 12.2 Å². The molecule has 4 amide bonds. The van der Waals surface area contributed by atoms with Crippen molar-refractivity contribution < 1.29 is 33.5 Å². The summed E-state index contributed by atoms with van der Waals surface area (Å²) in [5.74, 6) is -3.47. The molecule has 7 rings (SSSR count). The number of hydrogen-bond donors (Lipinski definition) is 0. The molecule has 4 fully saturated rings. The van der Waals surface area contributed by atoms with E-state index in [1.54, 1.807) is 12.1 Å². The molecule has 9 atom stereocenters. The second kappa shape index (κ2) is 10.3. The number of allylic oxidation sites excluding steroid dienone is 4. The first kappa shape index (κ1) is 27.3. The molecule has 42 heavy (non-hydrogen) atoms. The van der Waals surface area contributed by atoms with Crippen molar-refractivity contribution in [3.8, 4) is 0 Å². The first-order valence-electron chi connectivity index (χ1n) is 14.8. The second-order valence-electron chi connectivity index (χ2n) is 12.4. The zero-order chi connectivity index (χ0) is 29.3. The summed E-state index contributed by atoms with van der Waals surface area (Å²) in [6, 6.07) is 5.00. The van der Waals surface area contributed by atoms with E-state index in [4.69, 9.17) is 16.3 Å². The molecule has 4 aliphatic carbocycles. The van der Waals surface area contributed by atoms with Gasteiger partial charge in [0.1, 0.15) is 6.04 Å². The number of likely N-dealkylation sites (tertiary alicyclic amines) is 2. The highest BCUT2D eigenvalue weighted by atomic mass is 35.5. The molecule has 0 unspecified atom stereocenters. The number of ether oxygens (including phenoxy) is 1. The monoisotopic (exact) mass is 590 g/mol. The number of rotatable bonds is 10. The SMILES string of the molecule is O=C(COC(=O)[C@@H](CCCCN1C(=O)[C@@H]2[C@@H](C1=O)[C@H]1C=C[C@H]2C1)N1C(=O)[C@@H]2[C@H](C1=O)[C@H]1C=C[C@H]2C1)c1ccc(Cl)cc1. The van der Waals surface area contributed by atoms with Crippen LogP contribution in [0.5, 0.6) is 0 Å². The summed E-state index contributed by atoms with van der Waals surface area (Å²) in [6.45, 7) is -0.315. The van der Waals surface area contributed by atoms with Crippen LogP contribution in [0.3, 0.4) is 0 Å². The van der Waals surface area contributed by atoms with Gasteiger partial charge < -0.3 is 4.74 Å². The van der Waals surface area contributed by atoms with Gasteiger partial charge >= 0.3 is 5.97 Å². The molecule has 4 bridgehead atoms. The van der Waals surface area contributed by atoms with Gasteiger partial charge in [0.2, 0.25) is 23.6 Å². The van der Waals surface area contributed by atoms with Crippen LogP contribution in [0.4, 0.5) is 0 Å². The van der Waals surface area contributed by atoms with Crippen molar-refractivity contribution >= 4 is 47.0 Å². The van der Waals surface area contributed by atoms with Crippen LogP contribution < -0.4 is 0 Å². The number of esters is 1. The number of hydrogen-bond acceptors (Lipinski definition) is 7. The molecular formula is C32H31ClN2O7. The van der Waals surface area contributed by atoms with Crippen molar-refractivity contribution in [2.24, 2.45) is 47.3 Å². The number of amides is 4. The number of unbranched alkanes of at least 4 members (excludes halogenated alkanes) is 1. The minimum Gasteiger partial charge on any atom is -0.456 e. The molecule has 9 nitrogen and oxygen atoms in total. The zero-order valence-electron chi connectivity index (χ0n) is 22.9. The van der Waals surface area contributed by atoms with Crippen LogP contribution in [-0.4, -0.2) is 64.4 Å². The van der Waals surface area contributed by atoms with Gasteiger partial charge in [-0.05, 0) is 80.0 Å². The molecule has 1 aromatic rings. The Hall–Kier alpha value is -3.59. The van der Waals surface area contributed by atoms with Crippen LogP contribution in [-0.2, 0) is 28.7 Å². The van der Waals surface area contributed by atoms with Crippen molar-refractivity contribution in [2.75, 3.05) is 13.2 Å². The lowest BCUT2D eigenvalue weighted by molar-refractivity contribution is -0.159. The predicted octanol–water partition coefficient (Wildman–Crippen LogP) is 3.22. The second-order valence-corrected chi connectivity index (χ2v) is 12.9. The smallest absolute Gasteiger partial charge is 0.329 e. The van der Waals surface area contributed by atoms with E-state index < -0.39 is 36.2 Å². The van der Waals surface area contributed by atoms with E-state index in [0.29, 0.717) is 23.4 Å². The first-order valence-corrected chi connectivity index (χ1v) is 15.2. The summed E-state index contributed by atoms with van der Waals surface area (Å²) in [5, 5.41) is 0.466. The molecule has 1 aromatic carbocycles. The van der Waals surface area contributed by atoms with Crippen molar-refractivity contribution in [2.45, 2.75) is 38.1 Å².